The Morgan fingerprint density at radius 2 is 1.97 bits per heavy atom. The molecule has 0 unspecified atom stereocenters. The molecule has 30 heavy (non-hydrogen) atoms. The molecule has 0 spiro atoms. The second kappa shape index (κ2) is 7.78. The van der Waals surface area contributed by atoms with E-state index in [1.807, 2.05) is 41.1 Å². The SMILES string of the molecule is Cc1ccccc1-n1nc(C(=O)NCCCc2nc3ccccc3[nH]2)c2c1CCC2. The van der Waals surface area contributed by atoms with Gasteiger partial charge in [0.05, 0.1) is 16.7 Å². The van der Waals surface area contributed by atoms with Gasteiger partial charge in [-0.1, -0.05) is 30.3 Å². The lowest BCUT2D eigenvalue weighted by Crippen LogP contribution is -2.26. The monoisotopic (exact) mass is 399 g/mol. The van der Waals surface area contributed by atoms with Crippen LogP contribution in [0, 0.1) is 6.92 Å². The van der Waals surface area contributed by atoms with E-state index in [1.165, 1.54) is 5.69 Å². The van der Waals surface area contributed by atoms with Crippen LogP contribution in [0.1, 0.15) is 46.0 Å². The fraction of sp³-hybridized carbons (Fsp3) is 0.292. The molecule has 2 aromatic carbocycles. The first-order valence-corrected chi connectivity index (χ1v) is 10.6. The van der Waals surface area contributed by atoms with E-state index in [4.69, 9.17) is 5.10 Å². The number of aromatic nitrogens is 4. The molecule has 0 saturated heterocycles. The third kappa shape index (κ3) is 3.38. The molecule has 1 aliphatic rings. The average molecular weight is 399 g/mol. The Labute approximate surface area is 175 Å². The van der Waals surface area contributed by atoms with Gasteiger partial charge in [0.25, 0.3) is 5.91 Å². The van der Waals surface area contributed by atoms with E-state index in [0.717, 1.165) is 65.8 Å². The third-order valence-electron chi connectivity index (χ3n) is 5.80. The second-order valence-corrected chi connectivity index (χ2v) is 7.89. The number of carbonyl (C=O) groups is 1. The predicted octanol–water partition coefficient (Wildman–Crippen LogP) is 3.91. The van der Waals surface area contributed by atoms with Crippen LogP contribution in [0.25, 0.3) is 16.7 Å². The number of benzene rings is 2. The van der Waals surface area contributed by atoms with Crippen molar-refractivity contribution >= 4 is 16.9 Å². The van der Waals surface area contributed by atoms with E-state index in [9.17, 15) is 4.79 Å². The quantitative estimate of drug-likeness (QED) is 0.483. The number of rotatable bonds is 6. The van der Waals surface area contributed by atoms with Crippen LogP contribution in [0.15, 0.2) is 48.5 Å². The molecule has 5 rings (SSSR count). The van der Waals surface area contributed by atoms with Crippen LogP contribution >= 0.6 is 0 Å². The summed E-state index contributed by atoms with van der Waals surface area (Å²) in [5.74, 6) is 0.875. The number of aromatic amines is 1. The summed E-state index contributed by atoms with van der Waals surface area (Å²) in [6, 6.07) is 16.2. The van der Waals surface area contributed by atoms with Crippen molar-refractivity contribution in [2.24, 2.45) is 0 Å². The van der Waals surface area contributed by atoms with Crippen molar-refractivity contribution in [1.29, 1.82) is 0 Å². The molecule has 152 valence electrons. The van der Waals surface area contributed by atoms with E-state index in [-0.39, 0.29) is 5.91 Å². The lowest BCUT2D eigenvalue weighted by molar-refractivity contribution is 0.0947. The summed E-state index contributed by atoms with van der Waals surface area (Å²) in [7, 11) is 0. The molecule has 0 bridgehead atoms. The summed E-state index contributed by atoms with van der Waals surface area (Å²) < 4.78 is 1.97. The Hall–Kier alpha value is -3.41. The number of amides is 1. The molecule has 1 amide bonds. The van der Waals surface area contributed by atoms with Gasteiger partial charge in [-0.3, -0.25) is 4.79 Å². The molecule has 0 aliphatic heterocycles. The Bertz CT molecular complexity index is 1190. The molecule has 0 fully saturated rings. The van der Waals surface area contributed by atoms with Crippen molar-refractivity contribution in [3.8, 4) is 5.69 Å². The number of nitrogens with one attached hydrogen (secondary N) is 2. The van der Waals surface area contributed by atoms with Gasteiger partial charge in [-0.25, -0.2) is 9.67 Å². The van der Waals surface area contributed by atoms with Gasteiger partial charge in [-0.2, -0.15) is 5.10 Å². The van der Waals surface area contributed by atoms with Crippen molar-refractivity contribution in [2.75, 3.05) is 6.54 Å². The van der Waals surface area contributed by atoms with E-state index >= 15 is 0 Å². The number of aryl methyl sites for hydroxylation is 2. The van der Waals surface area contributed by atoms with Gasteiger partial charge in [0, 0.05) is 24.2 Å². The van der Waals surface area contributed by atoms with Gasteiger partial charge in [-0.05, 0) is 56.4 Å². The molecule has 4 aromatic rings. The molecule has 6 nitrogen and oxygen atoms in total. The van der Waals surface area contributed by atoms with Crippen LogP contribution in [0.3, 0.4) is 0 Å². The third-order valence-corrected chi connectivity index (χ3v) is 5.80. The lowest BCUT2D eigenvalue weighted by Gasteiger charge is -2.08. The summed E-state index contributed by atoms with van der Waals surface area (Å²) in [5, 5.41) is 7.77. The number of imidazole rings is 1. The molecule has 2 heterocycles. The van der Waals surface area contributed by atoms with Gasteiger partial charge in [0.15, 0.2) is 5.69 Å². The van der Waals surface area contributed by atoms with Gasteiger partial charge >= 0.3 is 0 Å². The minimum absolute atomic E-state index is 0.0786. The van der Waals surface area contributed by atoms with E-state index in [1.54, 1.807) is 0 Å². The minimum atomic E-state index is -0.0786. The summed E-state index contributed by atoms with van der Waals surface area (Å²) in [6.07, 6.45) is 4.58. The summed E-state index contributed by atoms with van der Waals surface area (Å²) in [5.41, 5.74) is 7.11. The predicted molar refractivity (Wildman–Crippen MR) is 117 cm³/mol. The Balaban J connectivity index is 1.26. The number of H-pyrrole nitrogens is 1. The molecule has 2 N–H and O–H groups in total. The average Bonchev–Trinajstić information content (AvgIpc) is 3.46. The Morgan fingerprint density at radius 3 is 2.83 bits per heavy atom. The minimum Gasteiger partial charge on any atom is -0.351 e. The van der Waals surface area contributed by atoms with Crippen molar-refractivity contribution < 1.29 is 4.79 Å². The first-order chi connectivity index (χ1) is 14.7. The number of hydrogen-bond acceptors (Lipinski definition) is 3. The highest BCUT2D eigenvalue weighted by atomic mass is 16.1. The lowest BCUT2D eigenvalue weighted by atomic mass is 10.1. The molecule has 0 saturated carbocycles. The summed E-state index contributed by atoms with van der Waals surface area (Å²) in [6.45, 7) is 2.68. The van der Waals surface area contributed by atoms with Crippen molar-refractivity contribution in [3.63, 3.8) is 0 Å². The van der Waals surface area contributed by atoms with Gasteiger partial charge < -0.3 is 10.3 Å². The maximum atomic E-state index is 12.9. The van der Waals surface area contributed by atoms with Crippen LogP contribution in [0.4, 0.5) is 0 Å². The summed E-state index contributed by atoms with van der Waals surface area (Å²) >= 11 is 0. The maximum absolute atomic E-state index is 12.9. The van der Waals surface area contributed by atoms with Crippen LogP contribution in [-0.4, -0.2) is 32.2 Å². The fourth-order valence-electron chi connectivity index (χ4n) is 4.29. The molecular weight excluding hydrogens is 374 g/mol. The molecule has 1 aliphatic carbocycles. The maximum Gasteiger partial charge on any atom is 0.272 e. The van der Waals surface area contributed by atoms with Crippen LogP contribution in [-0.2, 0) is 19.3 Å². The zero-order chi connectivity index (χ0) is 20.5. The smallest absolute Gasteiger partial charge is 0.272 e. The highest BCUT2D eigenvalue weighted by Crippen LogP contribution is 2.28. The first-order valence-electron chi connectivity index (χ1n) is 10.6. The number of carbonyl (C=O) groups excluding carboxylic acids is 1. The van der Waals surface area contributed by atoms with Gasteiger partial charge in [0.1, 0.15) is 5.82 Å². The number of fused-ring (bicyclic) bond motifs is 2. The number of nitrogens with zero attached hydrogens (tertiary/aromatic N) is 3. The van der Waals surface area contributed by atoms with E-state index in [2.05, 4.69) is 34.3 Å². The molecule has 6 heteroatoms. The van der Waals surface area contributed by atoms with Gasteiger partial charge in [0.2, 0.25) is 0 Å². The Morgan fingerprint density at radius 1 is 1.13 bits per heavy atom. The Kier molecular flexibility index (Phi) is 4.83. The fourth-order valence-corrected chi connectivity index (χ4v) is 4.29. The second-order valence-electron chi connectivity index (χ2n) is 7.89. The standard InChI is InChI=1S/C24H25N5O/c1-16-8-2-5-12-20(16)29-21-13-6-9-17(21)23(28-29)24(30)25-15-7-14-22-26-18-10-3-4-11-19(18)27-22/h2-5,8,10-12H,6-7,9,13-15H2,1H3,(H,25,30)(H,26,27). The van der Waals surface area contributed by atoms with Crippen LogP contribution in [0.5, 0.6) is 0 Å². The normalized spacial score (nSPS) is 13.0. The first kappa shape index (κ1) is 18.6. The summed E-state index contributed by atoms with van der Waals surface area (Å²) in [4.78, 5) is 20.8. The van der Waals surface area contributed by atoms with Crippen LogP contribution in [0.2, 0.25) is 0 Å². The largest absolute Gasteiger partial charge is 0.351 e. The van der Waals surface area contributed by atoms with Crippen molar-refractivity contribution in [2.45, 2.75) is 39.0 Å². The highest BCUT2D eigenvalue weighted by molar-refractivity contribution is 5.94. The topological polar surface area (TPSA) is 75.6 Å². The van der Waals surface area contributed by atoms with Crippen LogP contribution < -0.4 is 5.32 Å². The van der Waals surface area contributed by atoms with E-state index < -0.39 is 0 Å². The molecule has 0 radical (unpaired) electrons. The molecular formula is C24H25N5O. The molecule has 0 atom stereocenters. The zero-order valence-corrected chi connectivity index (χ0v) is 17.1. The van der Waals surface area contributed by atoms with E-state index in [0.29, 0.717) is 12.2 Å². The number of hydrogen-bond donors (Lipinski definition) is 2. The molecule has 2 aromatic heterocycles. The van der Waals surface area contributed by atoms with Crippen molar-refractivity contribution in [3.05, 3.63) is 76.9 Å². The van der Waals surface area contributed by atoms with Crippen molar-refractivity contribution in [1.82, 2.24) is 25.1 Å². The number of para-hydroxylation sites is 3. The highest BCUT2D eigenvalue weighted by Gasteiger charge is 2.27. The zero-order valence-electron chi connectivity index (χ0n) is 17.1. The van der Waals surface area contributed by atoms with Gasteiger partial charge in [-0.15, -0.1) is 0 Å².